The van der Waals surface area contributed by atoms with Crippen LogP contribution in [0.2, 0.25) is 0 Å². The van der Waals surface area contributed by atoms with E-state index < -0.39 is 5.97 Å². The fourth-order valence-electron chi connectivity index (χ4n) is 3.13. The van der Waals surface area contributed by atoms with Crippen molar-refractivity contribution in [2.45, 2.75) is 27.3 Å². The maximum Gasteiger partial charge on any atom is 0.373 e. The molecule has 3 rings (SSSR count). The number of carbonyl (C=O) groups is 1. The van der Waals surface area contributed by atoms with Crippen LogP contribution in [0.3, 0.4) is 0 Å². The Morgan fingerprint density at radius 2 is 1.68 bits per heavy atom. The number of ether oxygens (including phenoxy) is 3. The molecule has 2 aromatic carbocycles. The quantitative estimate of drug-likeness (QED) is 0.297. The van der Waals surface area contributed by atoms with Gasteiger partial charge in [-0.15, -0.1) is 0 Å². The number of fused-ring (bicyclic) bond motifs is 1. The lowest BCUT2D eigenvalue weighted by molar-refractivity contribution is -0.142. The van der Waals surface area contributed by atoms with Crippen LogP contribution in [-0.2, 0) is 20.8 Å². The molecule has 162 valence electrons. The summed E-state index contributed by atoms with van der Waals surface area (Å²) < 4.78 is 17.6. The predicted molar refractivity (Wildman–Crippen MR) is 119 cm³/mol. The van der Waals surface area contributed by atoms with Crippen LogP contribution in [0.4, 0.5) is 0 Å². The first kappa shape index (κ1) is 22.1. The molecule has 0 atom stereocenters. The first-order valence-corrected chi connectivity index (χ1v) is 10.2. The second kappa shape index (κ2) is 10.4. The molecule has 0 fully saturated rings. The highest BCUT2D eigenvalue weighted by Crippen LogP contribution is 2.16. The third-order valence-electron chi connectivity index (χ3n) is 4.58. The molecule has 7 heteroatoms. The van der Waals surface area contributed by atoms with Gasteiger partial charge in [-0.3, -0.25) is 4.79 Å². The second-order valence-corrected chi connectivity index (χ2v) is 6.74. The average Bonchev–Trinajstić information content (AvgIpc) is 2.78. The van der Waals surface area contributed by atoms with Crippen molar-refractivity contribution in [1.29, 1.82) is 0 Å². The number of hydrogen-bond acceptors (Lipinski definition) is 6. The van der Waals surface area contributed by atoms with Gasteiger partial charge < -0.3 is 14.2 Å². The van der Waals surface area contributed by atoms with Crippen molar-refractivity contribution in [3.63, 3.8) is 0 Å². The van der Waals surface area contributed by atoms with Gasteiger partial charge in [-0.25, -0.2) is 9.48 Å². The van der Waals surface area contributed by atoms with Crippen LogP contribution in [0.15, 0.2) is 59.1 Å². The summed E-state index contributed by atoms with van der Waals surface area (Å²) in [6, 6.07) is 14.7. The molecule has 0 aliphatic rings. The Morgan fingerprint density at radius 3 is 2.35 bits per heavy atom. The molecule has 1 heterocycles. The highest BCUT2D eigenvalue weighted by molar-refractivity contribution is 5.91. The van der Waals surface area contributed by atoms with E-state index in [4.69, 9.17) is 14.2 Å². The molecule has 31 heavy (non-hydrogen) atoms. The van der Waals surface area contributed by atoms with E-state index in [1.54, 1.807) is 32.1 Å². The van der Waals surface area contributed by atoms with Crippen molar-refractivity contribution in [2.75, 3.05) is 19.8 Å². The van der Waals surface area contributed by atoms with Crippen LogP contribution < -0.4 is 10.3 Å². The molecular weight excluding hydrogens is 396 g/mol. The fourth-order valence-corrected chi connectivity index (χ4v) is 3.13. The molecule has 0 aliphatic heterocycles. The maximum absolute atomic E-state index is 12.6. The Bertz CT molecular complexity index is 1130. The van der Waals surface area contributed by atoms with Crippen molar-refractivity contribution < 1.29 is 19.0 Å². The molecule has 0 spiro atoms. The Hall–Kier alpha value is -3.61. The van der Waals surface area contributed by atoms with Gasteiger partial charge in [0, 0.05) is 5.39 Å². The standard InChI is InChI=1S/C24H26N2O5/c1-4-29-22(24(28)30-5-2)16-18-10-12-19(13-11-18)31-15-14-26-23(27)21-9-7-6-8-20(21)17(3)25-26/h6-13,16H,4-5,14-15H2,1-3H3. The lowest BCUT2D eigenvalue weighted by Crippen LogP contribution is -2.26. The van der Waals surface area contributed by atoms with Gasteiger partial charge in [0.15, 0.2) is 0 Å². The number of benzene rings is 2. The second-order valence-electron chi connectivity index (χ2n) is 6.74. The van der Waals surface area contributed by atoms with E-state index >= 15 is 0 Å². The number of esters is 1. The Kier molecular flexibility index (Phi) is 7.43. The van der Waals surface area contributed by atoms with Crippen LogP contribution in [0, 0.1) is 6.92 Å². The van der Waals surface area contributed by atoms with E-state index in [1.165, 1.54) is 4.68 Å². The summed E-state index contributed by atoms with van der Waals surface area (Å²) in [6.07, 6.45) is 1.63. The number of hydrogen-bond donors (Lipinski definition) is 0. The maximum atomic E-state index is 12.6. The molecule has 0 amide bonds. The van der Waals surface area contributed by atoms with Crippen molar-refractivity contribution in [1.82, 2.24) is 9.78 Å². The SMILES string of the molecule is CCOC(=O)C(=Cc1ccc(OCCn2nc(C)c3ccccc3c2=O)cc1)OCC. The van der Waals surface area contributed by atoms with E-state index in [0.29, 0.717) is 30.9 Å². The lowest BCUT2D eigenvalue weighted by Gasteiger charge is -2.10. The van der Waals surface area contributed by atoms with Gasteiger partial charge in [0.1, 0.15) is 12.4 Å². The van der Waals surface area contributed by atoms with Crippen LogP contribution >= 0.6 is 0 Å². The van der Waals surface area contributed by atoms with Crippen LogP contribution in [0.1, 0.15) is 25.1 Å². The first-order chi connectivity index (χ1) is 15.0. The normalized spacial score (nSPS) is 11.4. The monoisotopic (exact) mass is 422 g/mol. The van der Waals surface area contributed by atoms with Crippen molar-refractivity contribution in [2.24, 2.45) is 0 Å². The molecule has 0 bridgehead atoms. The van der Waals surface area contributed by atoms with E-state index in [1.807, 2.05) is 43.3 Å². The van der Waals surface area contributed by atoms with E-state index in [2.05, 4.69) is 5.10 Å². The average molecular weight is 422 g/mol. The molecule has 3 aromatic rings. The zero-order valence-electron chi connectivity index (χ0n) is 18.0. The third-order valence-corrected chi connectivity index (χ3v) is 4.58. The minimum absolute atomic E-state index is 0.132. The Balaban J connectivity index is 1.65. The molecule has 7 nitrogen and oxygen atoms in total. The number of rotatable bonds is 9. The van der Waals surface area contributed by atoms with Gasteiger partial charge in [0.2, 0.25) is 5.76 Å². The largest absolute Gasteiger partial charge is 0.492 e. The number of nitrogens with zero attached hydrogens (tertiary/aromatic N) is 2. The molecule has 0 unspecified atom stereocenters. The molecule has 0 saturated carbocycles. The minimum Gasteiger partial charge on any atom is -0.492 e. The zero-order chi connectivity index (χ0) is 22.2. The summed E-state index contributed by atoms with van der Waals surface area (Å²) in [4.78, 5) is 24.6. The highest BCUT2D eigenvalue weighted by Gasteiger charge is 2.12. The summed E-state index contributed by atoms with van der Waals surface area (Å²) in [7, 11) is 0. The topological polar surface area (TPSA) is 79.7 Å². The van der Waals surface area contributed by atoms with Crippen LogP contribution in [0.25, 0.3) is 16.8 Å². The minimum atomic E-state index is -0.492. The van der Waals surface area contributed by atoms with Gasteiger partial charge in [0.05, 0.1) is 30.8 Å². The number of aromatic nitrogens is 2. The fraction of sp³-hybridized carbons (Fsp3) is 0.292. The summed E-state index contributed by atoms with van der Waals surface area (Å²) >= 11 is 0. The third kappa shape index (κ3) is 5.51. The Labute approximate surface area is 180 Å². The zero-order valence-corrected chi connectivity index (χ0v) is 18.0. The van der Waals surface area contributed by atoms with E-state index in [-0.39, 0.29) is 17.9 Å². The van der Waals surface area contributed by atoms with E-state index in [0.717, 1.165) is 16.6 Å². The summed E-state index contributed by atoms with van der Waals surface area (Å²) in [5, 5.41) is 5.90. The van der Waals surface area contributed by atoms with Gasteiger partial charge in [0.25, 0.3) is 5.56 Å². The van der Waals surface area contributed by atoms with Gasteiger partial charge in [-0.2, -0.15) is 5.10 Å². The molecular formula is C24H26N2O5. The highest BCUT2D eigenvalue weighted by atomic mass is 16.6. The summed E-state index contributed by atoms with van der Waals surface area (Å²) in [5.74, 6) is 0.320. The van der Waals surface area contributed by atoms with Crippen molar-refractivity contribution in [3.8, 4) is 5.75 Å². The Morgan fingerprint density at radius 1 is 1.00 bits per heavy atom. The van der Waals surface area contributed by atoms with Gasteiger partial charge in [-0.05, 0) is 50.6 Å². The summed E-state index contributed by atoms with van der Waals surface area (Å²) in [5.41, 5.74) is 1.46. The molecule has 1 aromatic heterocycles. The van der Waals surface area contributed by atoms with Crippen molar-refractivity contribution >= 4 is 22.8 Å². The first-order valence-electron chi connectivity index (χ1n) is 10.2. The predicted octanol–water partition coefficient (Wildman–Crippen LogP) is 3.72. The van der Waals surface area contributed by atoms with Crippen LogP contribution in [-0.4, -0.2) is 35.6 Å². The number of carbonyl (C=O) groups excluding carboxylic acids is 1. The van der Waals surface area contributed by atoms with Gasteiger partial charge in [-0.1, -0.05) is 30.3 Å². The molecule has 0 aliphatic carbocycles. The molecule has 0 N–H and O–H groups in total. The summed E-state index contributed by atoms with van der Waals surface area (Å²) in [6.45, 7) is 6.73. The van der Waals surface area contributed by atoms with Gasteiger partial charge >= 0.3 is 5.97 Å². The van der Waals surface area contributed by atoms with E-state index in [9.17, 15) is 9.59 Å². The van der Waals surface area contributed by atoms with Crippen molar-refractivity contribution in [3.05, 3.63) is 75.9 Å². The van der Waals surface area contributed by atoms with Crippen LogP contribution in [0.5, 0.6) is 5.75 Å². The smallest absolute Gasteiger partial charge is 0.373 e. The molecule has 0 saturated heterocycles. The number of aryl methyl sites for hydroxylation is 1. The molecule has 0 radical (unpaired) electrons. The lowest BCUT2D eigenvalue weighted by atomic mass is 10.1.